The van der Waals surface area contributed by atoms with Crippen molar-refractivity contribution in [3.8, 4) is 0 Å². The molecule has 76 valence electrons. The van der Waals surface area contributed by atoms with E-state index < -0.39 is 0 Å². The summed E-state index contributed by atoms with van der Waals surface area (Å²) in [6.45, 7) is 6.67. The minimum Gasteiger partial charge on any atom is -0.316 e. The fourth-order valence-corrected chi connectivity index (χ4v) is 2.17. The van der Waals surface area contributed by atoms with Gasteiger partial charge in [-0.3, -0.25) is 0 Å². The van der Waals surface area contributed by atoms with E-state index in [-0.39, 0.29) is 5.41 Å². The molecule has 0 atom stereocenters. The van der Waals surface area contributed by atoms with E-state index in [1.165, 1.54) is 17.1 Å². The third-order valence-corrected chi connectivity index (χ3v) is 3.23. The third kappa shape index (κ3) is 2.01. The van der Waals surface area contributed by atoms with Crippen molar-refractivity contribution in [2.24, 2.45) is 5.41 Å². The van der Waals surface area contributed by atoms with Gasteiger partial charge in [-0.2, -0.15) is 0 Å². The van der Waals surface area contributed by atoms with Crippen LogP contribution in [0.3, 0.4) is 0 Å². The van der Waals surface area contributed by atoms with Crippen LogP contribution < -0.4 is 5.32 Å². The van der Waals surface area contributed by atoms with Gasteiger partial charge in [0, 0.05) is 11.9 Å². The van der Waals surface area contributed by atoms with Gasteiger partial charge in [0.05, 0.1) is 5.69 Å². The van der Waals surface area contributed by atoms with Gasteiger partial charge in [-0.1, -0.05) is 23.9 Å². The molecule has 1 fully saturated rings. The van der Waals surface area contributed by atoms with Crippen molar-refractivity contribution in [2.45, 2.75) is 20.3 Å². The van der Waals surface area contributed by atoms with Crippen LogP contribution in [0, 0.1) is 5.41 Å². The monoisotopic (exact) mass is 209 g/mol. The predicted octanol–water partition coefficient (Wildman–Crippen LogP) is 1.94. The van der Waals surface area contributed by atoms with Gasteiger partial charge < -0.3 is 5.32 Å². The summed E-state index contributed by atoms with van der Waals surface area (Å²) >= 11 is 1.41. The third-order valence-electron chi connectivity index (χ3n) is 2.71. The molecule has 0 saturated carbocycles. The molecule has 0 aliphatic carbocycles. The number of nitrogens with zero attached hydrogens (tertiary/aromatic N) is 2. The highest BCUT2D eigenvalue weighted by Crippen LogP contribution is 2.31. The number of hydrogen-bond donors (Lipinski definition) is 1. The Kier molecular flexibility index (Phi) is 2.65. The van der Waals surface area contributed by atoms with Crippen molar-refractivity contribution in [2.75, 3.05) is 13.1 Å². The van der Waals surface area contributed by atoms with Crippen LogP contribution in [0.1, 0.15) is 26.0 Å². The Morgan fingerprint density at radius 1 is 1.57 bits per heavy atom. The Hall–Kier alpha value is -0.740. The largest absolute Gasteiger partial charge is 0.316 e. The fourth-order valence-electron chi connectivity index (χ4n) is 1.76. The lowest BCUT2D eigenvalue weighted by atomic mass is 9.79. The first-order valence-electron chi connectivity index (χ1n) is 4.87. The molecule has 14 heavy (non-hydrogen) atoms. The fraction of sp³-hybridized carbons (Fsp3) is 0.600. The average Bonchev–Trinajstić information content (AvgIpc) is 2.61. The maximum atomic E-state index is 4.05. The summed E-state index contributed by atoms with van der Waals surface area (Å²) in [6.07, 6.45) is 3.30. The molecule has 0 spiro atoms. The lowest BCUT2D eigenvalue weighted by Gasteiger charge is -2.33. The van der Waals surface area contributed by atoms with E-state index in [0.29, 0.717) is 0 Å². The van der Waals surface area contributed by atoms with Crippen LogP contribution in [0.25, 0.3) is 6.08 Å². The standard InChI is InChI=1S/C10H15N3S/c1-10(2)7-11-4-3-8(10)5-9-6-14-13-12-9/h5-6,11H,3-4,7H2,1-2H3/b8-5-. The zero-order chi connectivity index (χ0) is 10.0. The molecule has 2 rings (SSSR count). The molecule has 1 aromatic heterocycles. The lowest BCUT2D eigenvalue weighted by Crippen LogP contribution is -2.37. The van der Waals surface area contributed by atoms with Gasteiger partial charge in [0.15, 0.2) is 0 Å². The van der Waals surface area contributed by atoms with E-state index in [1.54, 1.807) is 0 Å². The van der Waals surface area contributed by atoms with Crippen molar-refractivity contribution in [1.29, 1.82) is 0 Å². The lowest BCUT2D eigenvalue weighted by molar-refractivity contribution is 0.360. The zero-order valence-electron chi connectivity index (χ0n) is 8.58. The molecule has 0 radical (unpaired) electrons. The van der Waals surface area contributed by atoms with Crippen molar-refractivity contribution in [1.82, 2.24) is 14.9 Å². The minimum absolute atomic E-state index is 0.252. The second-order valence-corrected chi connectivity index (χ2v) is 4.92. The van der Waals surface area contributed by atoms with Crippen LogP contribution in [0.15, 0.2) is 11.0 Å². The second kappa shape index (κ2) is 3.79. The molecule has 1 aromatic rings. The Morgan fingerprint density at radius 3 is 3.07 bits per heavy atom. The Labute approximate surface area is 88.4 Å². The smallest absolute Gasteiger partial charge is 0.0981 e. The molecule has 0 amide bonds. The number of hydrogen-bond acceptors (Lipinski definition) is 4. The minimum atomic E-state index is 0.252. The number of nitrogens with one attached hydrogen (secondary N) is 1. The highest BCUT2D eigenvalue weighted by Gasteiger charge is 2.26. The van der Waals surface area contributed by atoms with Gasteiger partial charge in [-0.25, -0.2) is 0 Å². The van der Waals surface area contributed by atoms with Crippen LogP contribution in [-0.2, 0) is 0 Å². The van der Waals surface area contributed by atoms with Gasteiger partial charge >= 0.3 is 0 Å². The summed E-state index contributed by atoms with van der Waals surface area (Å²) in [5.74, 6) is 0. The molecular weight excluding hydrogens is 194 g/mol. The number of piperidine rings is 1. The first kappa shape index (κ1) is 9.80. The summed E-state index contributed by atoms with van der Waals surface area (Å²) in [5, 5.41) is 9.45. The van der Waals surface area contributed by atoms with Crippen LogP contribution in [0.5, 0.6) is 0 Å². The quantitative estimate of drug-likeness (QED) is 0.768. The van der Waals surface area contributed by atoms with E-state index in [0.717, 1.165) is 25.2 Å². The van der Waals surface area contributed by atoms with Crippen LogP contribution >= 0.6 is 11.5 Å². The normalized spacial score (nSPS) is 24.0. The van der Waals surface area contributed by atoms with Gasteiger partial charge in [-0.05, 0) is 36.0 Å². The van der Waals surface area contributed by atoms with E-state index >= 15 is 0 Å². The van der Waals surface area contributed by atoms with Crippen molar-refractivity contribution in [3.63, 3.8) is 0 Å². The van der Waals surface area contributed by atoms with E-state index in [4.69, 9.17) is 0 Å². The van der Waals surface area contributed by atoms with Gasteiger partial charge in [0.25, 0.3) is 0 Å². The first-order valence-corrected chi connectivity index (χ1v) is 5.71. The molecule has 2 heterocycles. The molecule has 0 bridgehead atoms. The SMILES string of the molecule is CC1(C)CNCC/C1=C/c1csnn1. The first-order chi connectivity index (χ1) is 6.68. The predicted molar refractivity (Wildman–Crippen MR) is 59.2 cm³/mol. The van der Waals surface area contributed by atoms with Gasteiger partial charge in [0.1, 0.15) is 0 Å². The highest BCUT2D eigenvalue weighted by atomic mass is 32.1. The molecule has 0 unspecified atom stereocenters. The molecule has 3 nitrogen and oxygen atoms in total. The van der Waals surface area contributed by atoms with Crippen LogP contribution in [0.4, 0.5) is 0 Å². The molecule has 1 aliphatic rings. The van der Waals surface area contributed by atoms with E-state index in [9.17, 15) is 0 Å². The molecule has 1 saturated heterocycles. The van der Waals surface area contributed by atoms with Crippen LogP contribution in [0.2, 0.25) is 0 Å². The Balaban J connectivity index is 2.23. The number of aromatic nitrogens is 2. The second-order valence-electron chi connectivity index (χ2n) is 4.31. The molecule has 0 aromatic carbocycles. The van der Waals surface area contributed by atoms with Crippen molar-refractivity contribution >= 4 is 17.6 Å². The van der Waals surface area contributed by atoms with E-state index in [1.807, 2.05) is 5.38 Å². The molecule has 1 aliphatic heterocycles. The molecule has 1 N–H and O–H groups in total. The Bertz CT molecular complexity index is 327. The maximum Gasteiger partial charge on any atom is 0.0981 e. The maximum absolute atomic E-state index is 4.05. The van der Waals surface area contributed by atoms with Gasteiger partial charge in [0.2, 0.25) is 0 Å². The summed E-state index contributed by atoms with van der Waals surface area (Å²) in [7, 11) is 0. The van der Waals surface area contributed by atoms with Crippen LogP contribution in [-0.4, -0.2) is 22.7 Å². The highest BCUT2D eigenvalue weighted by molar-refractivity contribution is 7.03. The zero-order valence-corrected chi connectivity index (χ0v) is 9.40. The van der Waals surface area contributed by atoms with Gasteiger partial charge in [-0.15, -0.1) is 5.10 Å². The Morgan fingerprint density at radius 2 is 2.43 bits per heavy atom. The molecule has 4 heteroatoms. The summed E-state index contributed by atoms with van der Waals surface area (Å²) in [5.41, 5.74) is 2.73. The number of rotatable bonds is 1. The summed E-state index contributed by atoms with van der Waals surface area (Å²) < 4.78 is 3.87. The van der Waals surface area contributed by atoms with Crippen molar-refractivity contribution in [3.05, 3.63) is 16.6 Å². The van der Waals surface area contributed by atoms with Crippen molar-refractivity contribution < 1.29 is 0 Å². The summed E-state index contributed by atoms with van der Waals surface area (Å²) in [4.78, 5) is 0. The topological polar surface area (TPSA) is 37.8 Å². The van der Waals surface area contributed by atoms with E-state index in [2.05, 4.69) is 34.8 Å². The summed E-state index contributed by atoms with van der Waals surface area (Å²) in [6, 6.07) is 0. The average molecular weight is 209 g/mol. The molecular formula is C10H15N3S.